The van der Waals surface area contributed by atoms with Crippen molar-refractivity contribution in [2.24, 2.45) is 0 Å². The van der Waals surface area contributed by atoms with Crippen molar-refractivity contribution in [3.8, 4) is 5.75 Å². The van der Waals surface area contributed by atoms with Crippen LogP contribution in [0.5, 0.6) is 5.75 Å². The van der Waals surface area contributed by atoms with E-state index in [2.05, 4.69) is 6.58 Å². The molecule has 1 aromatic rings. The quantitative estimate of drug-likeness (QED) is 0.728. The second-order valence-electron chi connectivity index (χ2n) is 3.53. The van der Waals surface area contributed by atoms with Crippen molar-refractivity contribution >= 4 is 17.4 Å². The van der Waals surface area contributed by atoms with E-state index in [1.807, 2.05) is 0 Å². The van der Waals surface area contributed by atoms with Gasteiger partial charge in [-0.05, 0) is 37.3 Å². The monoisotopic (exact) mass is 233 g/mol. The maximum Gasteiger partial charge on any atom is 0.250 e. The van der Waals surface area contributed by atoms with E-state index in [0.717, 1.165) is 0 Å². The van der Waals surface area contributed by atoms with Crippen LogP contribution in [-0.2, 0) is 9.59 Å². The Hall–Kier alpha value is -2.10. The Labute approximate surface area is 100 Å². The number of benzene rings is 1. The Morgan fingerprint density at radius 3 is 2.35 bits per heavy atom. The Kier molecular flexibility index (Phi) is 4.46. The summed E-state index contributed by atoms with van der Waals surface area (Å²) < 4.78 is 5.03. The normalized spacial score (nSPS) is 9.53. The summed E-state index contributed by atoms with van der Waals surface area (Å²) in [5, 5.41) is 0. The van der Waals surface area contributed by atoms with Crippen molar-refractivity contribution in [2.75, 3.05) is 18.6 Å². The molecule has 0 unspecified atom stereocenters. The lowest BCUT2D eigenvalue weighted by molar-refractivity contribution is -0.119. The summed E-state index contributed by atoms with van der Waals surface area (Å²) in [7, 11) is 1.57. The highest BCUT2D eigenvalue weighted by atomic mass is 16.5. The summed E-state index contributed by atoms with van der Waals surface area (Å²) >= 11 is 0. The predicted octanol–water partition coefficient (Wildman–Crippen LogP) is 1.80. The first-order chi connectivity index (χ1) is 8.08. The largest absolute Gasteiger partial charge is 0.497 e. The summed E-state index contributed by atoms with van der Waals surface area (Å²) in [5.74, 6) is 0.309. The minimum Gasteiger partial charge on any atom is -0.497 e. The molecule has 0 aliphatic heterocycles. The molecule has 90 valence electrons. The molecule has 0 aliphatic carbocycles. The van der Waals surface area contributed by atoms with Gasteiger partial charge in [0.2, 0.25) is 0 Å². The minimum atomic E-state index is -0.301. The lowest BCUT2D eigenvalue weighted by atomic mass is 10.2. The Morgan fingerprint density at radius 2 is 1.94 bits per heavy atom. The van der Waals surface area contributed by atoms with Gasteiger partial charge in [-0.15, -0.1) is 0 Å². The van der Waals surface area contributed by atoms with Crippen LogP contribution in [0.25, 0.3) is 0 Å². The third kappa shape index (κ3) is 3.45. The van der Waals surface area contributed by atoms with E-state index in [4.69, 9.17) is 4.74 Å². The van der Waals surface area contributed by atoms with Crippen LogP contribution in [0.4, 0.5) is 5.69 Å². The number of Topliss-reactive ketones (excluding diaryl/α,β-unsaturated/α-hetero) is 1. The highest BCUT2D eigenvalue weighted by molar-refractivity contribution is 6.04. The number of hydrogen-bond donors (Lipinski definition) is 0. The first-order valence-electron chi connectivity index (χ1n) is 5.16. The van der Waals surface area contributed by atoms with Crippen molar-refractivity contribution < 1.29 is 14.3 Å². The fourth-order valence-corrected chi connectivity index (χ4v) is 1.39. The standard InChI is InChI=1S/C13H15NO3/c1-4-13(16)14(9-10(2)15)11-5-7-12(17-3)8-6-11/h4-8H,1,9H2,2-3H3. The van der Waals surface area contributed by atoms with E-state index >= 15 is 0 Å². The fourth-order valence-electron chi connectivity index (χ4n) is 1.39. The molecule has 0 N–H and O–H groups in total. The second-order valence-corrected chi connectivity index (χ2v) is 3.53. The summed E-state index contributed by atoms with van der Waals surface area (Å²) in [5.41, 5.74) is 0.644. The van der Waals surface area contributed by atoms with Gasteiger partial charge in [-0.25, -0.2) is 0 Å². The molecule has 0 fully saturated rings. The van der Waals surface area contributed by atoms with E-state index in [1.165, 1.54) is 17.9 Å². The van der Waals surface area contributed by atoms with Crippen LogP contribution in [0.15, 0.2) is 36.9 Å². The number of methoxy groups -OCH3 is 1. The predicted molar refractivity (Wildman–Crippen MR) is 66.2 cm³/mol. The number of carbonyl (C=O) groups is 2. The topological polar surface area (TPSA) is 46.6 Å². The van der Waals surface area contributed by atoms with E-state index in [9.17, 15) is 9.59 Å². The maximum atomic E-state index is 11.6. The van der Waals surface area contributed by atoms with Crippen LogP contribution in [0.3, 0.4) is 0 Å². The molecule has 0 atom stereocenters. The van der Waals surface area contributed by atoms with E-state index in [0.29, 0.717) is 11.4 Å². The fraction of sp³-hybridized carbons (Fsp3) is 0.231. The van der Waals surface area contributed by atoms with E-state index in [1.54, 1.807) is 31.4 Å². The van der Waals surface area contributed by atoms with Gasteiger partial charge < -0.3 is 9.64 Å². The van der Waals surface area contributed by atoms with Gasteiger partial charge in [0.25, 0.3) is 5.91 Å². The number of carbonyl (C=O) groups excluding carboxylic acids is 2. The van der Waals surface area contributed by atoms with Gasteiger partial charge in [0, 0.05) is 5.69 Å². The lowest BCUT2D eigenvalue weighted by Crippen LogP contribution is -2.33. The van der Waals surface area contributed by atoms with Gasteiger partial charge in [-0.1, -0.05) is 6.58 Å². The highest BCUT2D eigenvalue weighted by Crippen LogP contribution is 2.19. The van der Waals surface area contributed by atoms with Crippen molar-refractivity contribution in [1.82, 2.24) is 0 Å². The summed E-state index contributed by atoms with van der Waals surface area (Å²) in [4.78, 5) is 24.1. The van der Waals surface area contributed by atoms with Crippen LogP contribution in [0, 0.1) is 0 Å². The molecular formula is C13H15NO3. The summed E-state index contributed by atoms with van der Waals surface area (Å²) in [6.45, 7) is 4.90. The van der Waals surface area contributed by atoms with Crippen molar-refractivity contribution in [1.29, 1.82) is 0 Å². The van der Waals surface area contributed by atoms with Gasteiger partial charge in [-0.2, -0.15) is 0 Å². The maximum absolute atomic E-state index is 11.6. The van der Waals surface area contributed by atoms with Crippen LogP contribution in [0.2, 0.25) is 0 Å². The Morgan fingerprint density at radius 1 is 1.35 bits per heavy atom. The molecule has 4 nitrogen and oxygen atoms in total. The number of ether oxygens (including phenoxy) is 1. The zero-order chi connectivity index (χ0) is 12.8. The van der Waals surface area contributed by atoms with Crippen LogP contribution < -0.4 is 9.64 Å². The first kappa shape index (κ1) is 13.0. The van der Waals surface area contributed by atoms with Crippen molar-refractivity contribution in [3.63, 3.8) is 0 Å². The number of ketones is 1. The van der Waals surface area contributed by atoms with Gasteiger partial charge in [-0.3, -0.25) is 9.59 Å². The van der Waals surface area contributed by atoms with Crippen molar-refractivity contribution in [3.05, 3.63) is 36.9 Å². The van der Waals surface area contributed by atoms with Crippen LogP contribution in [-0.4, -0.2) is 25.3 Å². The van der Waals surface area contributed by atoms with E-state index in [-0.39, 0.29) is 18.2 Å². The average Bonchev–Trinajstić information content (AvgIpc) is 2.35. The molecule has 0 aliphatic rings. The van der Waals surface area contributed by atoms with Gasteiger partial charge >= 0.3 is 0 Å². The van der Waals surface area contributed by atoms with Gasteiger partial charge in [0.1, 0.15) is 11.5 Å². The van der Waals surface area contributed by atoms with E-state index < -0.39 is 0 Å². The average molecular weight is 233 g/mol. The van der Waals surface area contributed by atoms with Crippen LogP contribution >= 0.6 is 0 Å². The number of anilines is 1. The molecule has 0 bridgehead atoms. The van der Waals surface area contributed by atoms with Gasteiger partial charge in [0.15, 0.2) is 0 Å². The molecule has 0 saturated heterocycles. The molecule has 1 aromatic carbocycles. The number of amides is 1. The smallest absolute Gasteiger partial charge is 0.250 e. The number of rotatable bonds is 5. The molecular weight excluding hydrogens is 218 g/mol. The summed E-state index contributed by atoms with van der Waals surface area (Å²) in [6, 6.07) is 6.92. The lowest BCUT2D eigenvalue weighted by Gasteiger charge is -2.20. The van der Waals surface area contributed by atoms with Crippen molar-refractivity contribution in [2.45, 2.75) is 6.92 Å². The molecule has 4 heteroatoms. The summed E-state index contributed by atoms with van der Waals surface area (Å²) in [6.07, 6.45) is 1.19. The third-order valence-electron chi connectivity index (χ3n) is 2.21. The molecule has 1 amide bonds. The molecule has 0 spiro atoms. The second kappa shape index (κ2) is 5.84. The Balaban J connectivity index is 2.99. The first-order valence-corrected chi connectivity index (χ1v) is 5.16. The third-order valence-corrected chi connectivity index (χ3v) is 2.21. The molecule has 0 aromatic heterocycles. The highest BCUT2D eigenvalue weighted by Gasteiger charge is 2.14. The molecule has 1 rings (SSSR count). The Bertz CT molecular complexity index is 423. The molecule has 0 heterocycles. The molecule has 17 heavy (non-hydrogen) atoms. The number of hydrogen-bond acceptors (Lipinski definition) is 3. The number of nitrogens with zero attached hydrogens (tertiary/aromatic N) is 1. The SMILES string of the molecule is C=CC(=O)N(CC(C)=O)c1ccc(OC)cc1. The minimum absolute atomic E-state index is 0.0389. The molecule has 0 saturated carbocycles. The zero-order valence-corrected chi connectivity index (χ0v) is 9.97. The van der Waals surface area contributed by atoms with Gasteiger partial charge in [0.05, 0.1) is 13.7 Å². The zero-order valence-electron chi connectivity index (χ0n) is 9.97. The molecule has 0 radical (unpaired) electrons. The van der Waals surface area contributed by atoms with Crippen LogP contribution in [0.1, 0.15) is 6.92 Å².